The van der Waals surface area contributed by atoms with Crippen molar-refractivity contribution in [3.05, 3.63) is 34.4 Å². The number of halogens is 3. The first-order chi connectivity index (χ1) is 6.00. The lowest BCUT2D eigenvalue weighted by atomic mass is 10.1. The van der Waals surface area contributed by atoms with E-state index >= 15 is 0 Å². The Kier molecular flexibility index (Phi) is 2.98. The molecule has 0 saturated heterocycles. The zero-order valence-corrected chi connectivity index (χ0v) is 7.66. The lowest BCUT2D eigenvalue weighted by Gasteiger charge is -2.03. The summed E-state index contributed by atoms with van der Waals surface area (Å²) in [4.78, 5) is 10.7. The summed E-state index contributed by atoms with van der Waals surface area (Å²) in [5.41, 5.74) is 0.0515. The van der Waals surface area contributed by atoms with Gasteiger partial charge in [-0.1, -0.05) is 11.6 Å². The van der Waals surface area contributed by atoms with E-state index in [1.165, 1.54) is 6.92 Å². The lowest BCUT2D eigenvalue weighted by molar-refractivity contribution is -0.116. The molecule has 0 aliphatic rings. The van der Waals surface area contributed by atoms with Crippen LogP contribution in [0.3, 0.4) is 0 Å². The molecule has 0 bridgehead atoms. The van der Waals surface area contributed by atoms with Crippen LogP contribution >= 0.6 is 11.6 Å². The van der Waals surface area contributed by atoms with Gasteiger partial charge in [-0.05, 0) is 13.0 Å². The molecule has 1 aromatic rings. The summed E-state index contributed by atoms with van der Waals surface area (Å²) >= 11 is 5.55. The third-order valence-electron chi connectivity index (χ3n) is 1.53. The molecular weight excluding hydrogens is 198 g/mol. The van der Waals surface area contributed by atoms with Gasteiger partial charge in [0.2, 0.25) is 0 Å². The molecule has 13 heavy (non-hydrogen) atoms. The van der Waals surface area contributed by atoms with Crippen molar-refractivity contribution >= 4 is 17.4 Å². The van der Waals surface area contributed by atoms with Crippen molar-refractivity contribution < 1.29 is 13.6 Å². The maximum Gasteiger partial charge on any atom is 0.134 e. The molecule has 0 radical (unpaired) electrons. The molecule has 0 unspecified atom stereocenters. The summed E-state index contributed by atoms with van der Waals surface area (Å²) in [6, 6.07) is 1.70. The third kappa shape index (κ3) is 2.49. The van der Waals surface area contributed by atoms with Crippen molar-refractivity contribution in [3.8, 4) is 0 Å². The second-order valence-electron chi connectivity index (χ2n) is 2.73. The van der Waals surface area contributed by atoms with Crippen molar-refractivity contribution in [2.24, 2.45) is 0 Å². The van der Waals surface area contributed by atoms with Crippen LogP contribution in [0, 0.1) is 11.6 Å². The van der Waals surface area contributed by atoms with Crippen LogP contribution in [0.5, 0.6) is 0 Å². The standard InChI is InChI=1S/C9H7ClF2O/c1-5(13)2-7-8(10)3-6(11)4-9(7)12/h3-4H,2H2,1H3. The molecule has 1 rings (SSSR count). The first-order valence-electron chi connectivity index (χ1n) is 3.63. The van der Waals surface area contributed by atoms with E-state index in [1.54, 1.807) is 0 Å². The van der Waals surface area contributed by atoms with Gasteiger partial charge < -0.3 is 0 Å². The van der Waals surface area contributed by atoms with E-state index < -0.39 is 11.6 Å². The third-order valence-corrected chi connectivity index (χ3v) is 1.87. The zero-order valence-electron chi connectivity index (χ0n) is 6.90. The maximum atomic E-state index is 13.0. The van der Waals surface area contributed by atoms with Crippen LogP contribution < -0.4 is 0 Å². The number of Topliss-reactive ketones (excluding diaryl/α,β-unsaturated/α-hetero) is 1. The molecule has 0 N–H and O–H groups in total. The average molecular weight is 205 g/mol. The van der Waals surface area contributed by atoms with E-state index in [4.69, 9.17) is 11.6 Å². The molecule has 1 nitrogen and oxygen atoms in total. The fourth-order valence-electron chi connectivity index (χ4n) is 0.990. The Hall–Kier alpha value is -0.960. The SMILES string of the molecule is CC(=O)Cc1c(F)cc(F)cc1Cl. The number of rotatable bonds is 2. The van der Waals surface area contributed by atoms with Gasteiger partial charge in [0.05, 0.1) is 5.02 Å². The van der Waals surface area contributed by atoms with Crippen LogP contribution in [0.15, 0.2) is 12.1 Å². The highest BCUT2D eigenvalue weighted by Gasteiger charge is 2.11. The molecule has 0 amide bonds. The smallest absolute Gasteiger partial charge is 0.134 e. The Labute approximate surface area is 79.3 Å². The van der Waals surface area contributed by atoms with Gasteiger partial charge in [-0.3, -0.25) is 4.79 Å². The number of carbonyl (C=O) groups excluding carboxylic acids is 1. The Bertz CT molecular complexity index is 326. The Morgan fingerprint density at radius 1 is 1.46 bits per heavy atom. The average Bonchev–Trinajstić information content (AvgIpc) is 1.96. The first kappa shape index (κ1) is 10.1. The van der Waals surface area contributed by atoms with Gasteiger partial charge in [0.1, 0.15) is 17.4 Å². The summed E-state index contributed by atoms with van der Waals surface area (Å²) < 4.78 is 25.5. The maximum absolute atomic E-state index is 13.0. The summed E-state index contributed by atoms with van der Waals surface area (Å²) in [6.45, 7) is 1.32. The van der Waals surface area contributed by atoms with Gasteiger partial charge in [0.25, 0.3) is 0 Å². The Morgan fingerprint density at radius 3 is 2.54 bits per heavy atom. The number of hydrogen-bond donors (Lipinski definition) is 0. The molecule has 4 heteroatoms. The highest BCUT2D eigenvalue weighted by molar-refractivity contribution is 6.31. The molecule has 0 aliphatic carbocycles. The van der Waals surface area contributed by atoms with Crippen LogP contribution in [-0.2, 0) is 11.2 Å². The van der Waals surface area contributed by atoms with Crippen LogP contribution in [0.4, 0.5) is 8.78 Å². The van der Waals surface area contributed by atoms with E-state index in [0.29, 0.717) is 6.07 Å². The van der Waals surface area contributed by atoms with E-state index in [0.717, 1.165) is 6.07 Å². The minimum absolute atomic E-state index is 0.0484. The van der Waals surface area contributed by atoms with Gasteiger partial charge in [0.15, 0.2) is 0 Å². The summed E-state index contributed by atoms with van der Waals surface area (Å²) in [6.07, 6.45) is -0.106. The predicted molar refractivity (Wildman–Crippen MR) is 45.8 cm³/mol. The van der Waals surface area contributed by atoms with Gasteiger partial charge in [-0.15, -0.1) is 0 Å². The number of ketones is 1. The largest absolute Gasteiger partial charge is 0.300 e. The fourth-order valence-corrected chi connectivity index (χ4v) is 1.25. The van der Waals surface area contributed by atoms with E-state index in [2.05, 4.69) is 0 Å². The van der Waals surface area contributed by atoms with Crippen molar-refractivity contribution in [3.63, 3.8) is 0 Å². The lowest BCUT2D eigenvalue weighted by Crippen LogP contribution is -2.01. The van der Waals surface area contributed by atoms with E-state index in [1.807, 2.05) is 0 Å². The second kappa shape index (κ2) is 3.83. The molecule has 0 fully saturated rings. The molecule has 0 spiro atoms. The molecule has 0 atom stereocenters. The topological polar surface area (TPSA) is 17.1 Å². The summed E-state index contributed by atoms with van der Waals surface area (Å²) in [5, 5.41) is -0.0484. The highest BCUT2D eigenvalue weighted by Crippen LogP contribution is 2.21. The number of benzene rings is 1. The second-order valence-corrected chi connectivity index (χ2v) is 3.13. The van der Waals surface area contributed by atoms with Gasteiger partial charge >= 0.3 is 0 Å². The molecule has 0 aliphatic heterocycles. The van der Waals surface area contributed by atoms with Gasteiger partial charge in [-0.2, -0.15) is 0 Å². The quantitative estimate of drug-likeness (QED) is 0.724. The number of carbonyl (C=O) groups is 1. The molecule has 70 valence electrons. The van der Waals surface area contributed by atoms with Crippen molar-refractivity contribution in [1.82, 2.24) is 0 Å². The van der Waals surface area contributed by atoms with Crippen molar-refractivity contribution in [2.75, 3.05) is 0 Å². The van der Waals surface area contributed by atoms with Crippen molar-refractivity contribution in [2.45, 2.75) is 13.3 Å². The van der Waals surface area contributed by atoms with E-state index in [9.17, 15) is 13.6 Å². The van der Waals surface area contributed by atoms with Gasteiger partial charge in [0, 0.05) is 18.1 Å². The summed E-state index contributed by atoms with van der Waals surface area (Å²) in [7, 11) is 0. The van der Waals surface area contributed by atoms with E-state index in [-0.39, 0.29) is 22.8 Å². The first-order valence-corrected chi connectivity index (χ1v) is 4.01. The Morgan fingerprint density at radius 2 is 2.08 bits per heavy atom. The molecule has 0 saturated carbocycles. The molecule has 1 aromatic carbocycles. The van der Waals surface area contributed by atoms with Gasteiger partial charge in [-0.25, -0.2) is 8.78 Å². The Balaban J connectivity index is 3.13. The summed E-state index contributed by atoms with van der Waals surface area (Å²) in [5.74, 6) is -1.73. The number of hydrogen-bond acceptors (Lipinski definition) is 1. The van der Waals surface area contributed by atoms with Crippen LogP contribution in [0.1, 0.15) is 12.5 Å². The fraction of sp³-hybridized carbons (Fsp3) is 0.222. The van der Waals surface area contributed by atoms with Crippen LogP contribution in [0.25, 0.3) is 0 Å². The minimum atomic E-state index is -0.778. The predicted octanol–water partition coefficient (Wildman–Crippen LogP) is 2.75. The normalized spacial score (nSPS) is 10.2. The monoisotopic (exact) mass is 204 g/mol. The van der Waals surface area contributed by atoms with Crippen molar-refractivity contribution in [1.29, 1.82) is 0 Å². The minimum Gasteiger partial charge on any atom is -0.300 e. The molecule has 0 aromatic heterocycles. The van der Waals surface area contributed by atoms with Crippen LogP contribution in [-0.4, -0.2) is 5.78 Å². The molecular formula is C9H7ClF2O. The van der Waals surface area contributed by atoms with Crippen LogP contribution in [0.2, 0.25) is 5.02 Å². The zero-order chi connectivity index (χ0) is 10.0. The molecule has 0 heterocycles. The highest BCUT2D eigenvalue weighted by atomic mass is 35.5.